The largest absolute Gasteiger partial charge is 0.324 e. The molecule has 0 spiro atoms. The molecule has 0 fully saturated rings. The highest BCUT2D eigenvalue weighted by atomic mass is 16.2. The van der Waals surface area contributed by atoms with E-state index in [4.69, 9.17) is 5.73 Å². The number of amides is 1. The molecule has 0 saturated heterocycles. The van der Waals surface area contributed by atoms with Crippen LogP contribution in [0.15, 0.2) is 36.5 Å². The molecule has 1 aromatic carbocycles. The van der Waals surface area contributed by atoms with Gasteiger partial charge in [0, 0.05) is 17.3 Å². The standard InChI is InChI=1S/C13H15N3O/c1-13(2,14)12(17)16-10-5-6-11-9(8-10)4-3-7-15-11/h3-8H,14H2,1-2H3,(H,16,17). The number of carbonyl (C=O) groups excluding carboxylic acids is 1. The van der Waals surface area contributed by atoms with Gasteiger partial charge in [-0.15, -0.1) is 0 Å². The lowest BCUT2D eigenvalue weighted by molar-refractivity contribution is -0.120. The third-order valence-corrected chi connectivity index (χ3v) is 2.45. The molecule has 0 atom stereocenters. The normalized spacial score (nSPS) is 11.5. The first-order valence-electron chi connectivity index (χ1n) is 5.42. The molecule has 0 saturated carbocycles. The maximum Gasteiger partial charge on any atom is 0.243 e. The number of hydrogen-bond donors (Lipinski definition) is 2. The second kappa shape index (κ2) is 4.14. The van der Waals surface area contributed by atoms with Crippen molar-refractivity contribution in [1.29, 1.82) is 0 Å². The Hall–Kier alpha value is -1.94. The summed E-state index contributed by atoms with van der Waals surface area (Å²) < 4.78 is 0. The summed E-state index contributed by atoms with van der Waals surface area (Å²) in [6, 6.07) is 9.38. The number of aromatic nitrogens is 1. The van der Waals surface area contributed by atoms with E-state index in [0.29, 0.717) is 0 Å². The van der Waals surface area contributed by atoms with Gasteiger partial charge < -0.3 is 11.1 Å². The van der Waals surface area contributed by atoms with Gasteiger partial charge in [0.25, 0.3) is 0 Å². The fraction of sp³-hybridized carbons (Fsp3) is 0.231. The van der Waals surface area contributed by atoms with Crippen LogP contribution in [0.25, 0.3) is 10.9 Å². The minimum absolute atomic E-state index is 0.208. The van der Waals surface area contributed by atoms with Gasteiger partial charge in [-0.1, -0.05) is 6.07 Å². The van der Waals surface area contributed by atoms with E-state index in [1.807, 2.05) is 30.3 Å². The quantitative estimate of drug-likeness (QED) is 0.826. The second-order valence-corrected chi connectivity index (χ2v) is 4.59. The minimum atomic E-state index is -0.885. The van der Waals surface area contributed by atoms with Crippen LogP contribution in [-0.4, -0.2) is 16.4 Å². The minimum Gasteiger partial charge on any atom is -0.324 e. The smallest absolute Gasteiger partial charge is 0.243 e. The molecule has 88 valence electrons. The maximum absolute atomic E-state index is 11.7. The van der Waals surface area contributed by atoms with Crippen LogP contribution in [0, 0.1) is 0 Å². The van der Waals surface area contributed by atoms with Crippen LogP contribution in [0.5, 0.6) is 0 Å². The number of nitrogens with two attached hydrogens (primary N) is 1. The van der Waals surface area contributed by atoms with E-state index in [9.17, 15) is 4.79 Å². The molecule has 1 aromatic heterocycles. The van der Waals surface area contributed by atoms with E-state index in [1.165, 1.54) is 0 Å². The summed E-state index contributed by atoms with van der Waals surface area (Å²) in [5.41, 5.74) is 6.46. The van der Waals surface area contributed by atoms with Crippen molar-refractivity contribution in [2.75, 3.05) is 5.32 Å². The monoisotopic (exact) mass is 229 g/mol. The van der Waals surface area contributed by atoms with Crippen LogP contribution >= 0.6 is 0 Å². The number of benzene rings is 1. The predicted octanol–water partition coefficient (Wildman–Crippen LogP) is 1.91. The molecule has 2 aromatic rings. The Bertz CT molecular complexity index is 558. The van der Waals surface area contributed by atoms with E-state index in [2.05, 4.69) is 10.3 Å². The van der Waals surface area contributed by atoms with E-state index < -0.39 is 5.54 Å². The van der Waals surface area contributed by atoms with Crippen molar-refractivity contribution in [3.05, 3.63) is 36.5 Å². The van der Waals surface area contributed by atoms with Gasteiger partial charge >= 0.3 is 0 Å². The molecular formula is C13H15N3O. The van der Waals surface area contributed by atoms with Crippen LogP contribution < -0.4 is 11.1 Å². The van der Waals surface area contributed by atoms with Gasteiger partial charge in [0.05, 0.1) is 11.1 Å². The summed E-state index contributed by atoms with van der Waals surface area (Å²) in [5.74, 6) is -0.208. The molecule has 4 nitrogen and oxygen atoms in total. The molecule has 0 aliphatic rings. The average Bonchev–Trinajstić information content (AvgIpc) is 2.27. The zero-order valence-electron chi connectivity index (χ0n) is 9.90. The summed E-state index contributed by atoms with van der Waals surface area (Å²) in [4.78, 5) is 15.9. The lowest BCUT2D eigenvalue weighted by Gasteiger charge is -2.17. The van der Waals surface area contributed by atoms with Crippen molar-refractivity contribution in [2.24, 2.45) is 5.73 Å². The molecule has 3 N–H and O–H groups in total. The molecule has 0 aliphatic carbocycles. The fourth-order valence-corrected chi connectivity index (χ4v) is 1.45. The molecule has 4 heteroatoms. The maximum atomic E-state index is 11.7. The molecule has 17 heavy (non-hydrogen) atoms. The Balaban J connectivity index is 2.29. The first-order chi connectivity index (χ1) is 7.97. The molecular weight excluding hydrogens is 214 g/mol. The summed E-state index contributed by atoms with van der Waals surface area (Å²) in [6.45, 7) is 3.34. The van der Waals surface area contributed by atoms with Gasteiger partial charge in [-0.05, 0) is 38.1 Å². The highest BCUT2D eigenvalue weighted by Gasteiger charge is 2.21. The number of rotatable bonds is 2. The number of pyridine rings is 1. The zero-order chi connectivity index (χ0) is 12.5. The number of nitrogens with zero attached hydrogens (tertiary/aromatic N) is 1. The van der Waals surface area contributed by atoms with Crippen molar-refractivity contribution in [2.45, 2.75) is 19.4 Å². The van der Waals surface area contributed by atoms with Crippen LogP contribution in [0.1, 0.15) is 13.8 Å². The number of hydrogen-bond acceptors (Lipinski definition) is 3. The third kappa shape index (κ3) is 2.60. The Kier molecular flexibility index (Phi) is 2.81. The third-order valence-electron chi connectivity index (χ3n) is 2.45. The lowest BCUT2D eigenvalue weighted by Crippen LogP contribution is -2.45. The van der Waals surface area contributed by atoms with Crippen LogP contribution in [-0.2, 0) is 4.79 Å². The highest BCUT2D eigenvalue weighted by molar-refractivity contribution is 5.98. The topological polar surface area (TPSA) is 68.0 Å². The van der Waals surface area contributed by atoms with Crippen LogP contribution in [0.2, 0.25) is 0 Å². The van der Waals surface area contributed by atoms with Crippen LogP contribution in [0.3, 0.4) is 0 Å². The summed E-state index contributed by atoms with van der Waals surface area (Å²) in [6.07, 6.45) is 1.74. The Morgan fingerprint density at radius 3 is 2.82 bits per heavy atom. The second-order valence-electron chi connectivity index (χ2n) is 4.59. The van der Waals surface area contributed by atoms with Crippen molar-refractivity contribution >= 4 is 22.5 Å². The average molecular weight is 229 g/mol. The Morgan fingerprint density at radius 1 is 1.35 bits per heavy atom. The molecule has 1 heterocycles. The molecule has 0 aliphatic heterocycles. The van der Waals surface area contributed by atoms with E-state index in [-0.39, 0.29) is 5.91 Å². The van der Waals surface area contributed by atoms with Crippen molar-refractivity contribution in [3.8, 4) is 0 Å². The van der Waals surface area contributed by atoms with Gasteiger partial charge in [0.15, 0.2) is 0 Å². The molecule has 0 radical (unpaired) electrons. The first kappa shape index (κ1) is 11.5. The van der Waals surface area contributed by atoms with Gasteiger partial charge in [-0.25, -0.2) is 0 Å². The summed E-state index contributed by atoms with van der Waals surface area (Å²) in [5, 5.41) is 3.77. The number of anilines is 1. The van der Waals surface area contributed by atoms with Crippen molar-refractivity contribution in [3.63, 3.8) is 0 Å². The summed E-state index contributed by atoms with van der Waals surface area (Å²) >= 11 is 0. The van der Waals surface area contributed by atoms with Gasteiger partial charge in [-0.3, -0.25) is 9.78 Å². The summed E-state index contributed by atoms with van der Waals surface area (Å²) in [7, 11) is 0. The highest BCUT2D eigenvalue weighted by Crippen LogP contribution is 2.17. The van der Waals surface area contributed by atoms with Crippen LogP contribution in [0.4, 0.5) is 5.69 Å². The SMILES string of the molecule is CC(C)(N)C(=O)Nc1ccc2ncccc2c1. The van der Waals surface area contributed by atoms with E-state index in [1.54, 1.807) is 20.0 Å². The number of carbonyl (C=O) groups is 1. The Labute approximate surface area is 99.8 Å². The van der Waals surface area contributed by atoms with Gasteiger partial charge in [0.2, 0.25) is 5.91 Å². The number of nitrogens with one attached hydrogen (secondary N) is 1. The fourth-order valence-electron chi connectivity index (χ4n) is 1.45. The lowest BCUT2D eigenvalue weighted by atomic mass is 10.1. The van der Waals surface area contributed by atoms with Crippen molar-refractivity contribution in [1.82, 2.24) is 4.98 Å². The zero-order valence-corrected chi connectivity index (χ0v) is 9.90. The molecule has 0 bridgehead atoms. The van der Waals surface area contributed by atoms with Gasteiger partial charge in [0.1, 0.15) is 0 Å². The predicted molar refractivity (Wildman–Crippen MR) is 68.6 cm³/mol. The number of fused-ring (bicyclic) bond motifs is 1. The molecule has 1 amide bonds. The Morgan fingerprint density at radius 2 is 2.12 bits per heavy atom. The molecule has 2 rings (SSSR count). The first-order valence-corrected chi connectivity index (χ1v) is 5.42. The van der Waals surface area contributed by atoms with E-state index in [0.717, 1.165) is 16.6 Å². The molecule has 0 unspecified atom stereocenters. The van der Waals surface area contributed by atoms with E-state index >= 15 is 0 Å². The van der Waals surface area contributed by atoms with Crippen molar-refractivity contribution < 1.29 is 4.79 Å². The van der Waals surface area contributed by atoms with Gasteiger partial charge in [-0.2, -0.15) is 0 Å².